The van der Waals surface area contributed by atoms with Crippen LogP contribution in [-0.2, 0) is 7.05 Å². The van der Waals surface area contributed by atoms with Gasteiger partial charge in [-0.05, 0) is 19.1 Å². The molecule has 0 aliphatic heterocycles. The summed E-state index contributed by atoms with van der Waals surface area (Å²) in [4.78, 5) is 30.1. The minimum absolute atomic E-state index is 0.192. The van der Waals surface area contributed by atoms with Gasteiger partial charge in [-0.1, -0.05) is 48.5 Å². The molecule has 0 aliphatic carbocycles. The first-order valence-corrected chi connectivity index (χ1v) is 8.84. The number of benzene rings is 2. The summed E-state index contributed by atoms with van der Waals surface area (Å²) in [7, 11) is 1.83. The van der Waals surface area contributed by atoms with Gasteiger partial charge in [-0.15, -0.1) is 0 Å². The number of fused-ring (bicyclic) bond motifs is 1. The zero-order valence-electron chi connectivity index (χ0n) is 15.5. The number of pyridine rings is 1. The molecule has 0 saturated carbocycles. The van der Waals surface area contributed by atoms with Gasteiger partial charge in [-0.3, -0.25) is 14.3 Å². The Hall–Kier alpha value is -3.80. The summed E-state index contributed by atoms with van der Waals surface area (Å²) in [6.45, 7) is 1.89. The van der Waals surface area contributed by atoms with Gasteiger partial charge in [0.1, 0.15) is 0 Å². The lowest BCUT2D eigenvalue weighted by Gasteiger charge is -2.10. The Kier molecular flexibility index (Phi) is 4.45. The Balaban J connectivity index is 1.66. The van der Waals surface area contributed by atoms with Gasteiger partial charge in [0.05, 0.1) is 23.1 Å². The van der Waals surface area contributed by atoms with Gasteiger partial charge in [-0.25, -0.2) is 4.98 Å². The van der Waals surface area contributed by atoms with Crippen LogP contribution in [0.25, 0.3) is 11.0 Å². The molecule has 0 unspecified atom stereocenters. The fraction of sp³-hybridized carbons (Fsp3) is 0.0909. The van der Waals surface area contributed by atoms with E-state index in [9.17, 15) is 9.59 Å². The van der Waals surface area contributed by atoms with Crippen molar-refractivity contribution in [3.8, 4) is 0 Å². The molecule has 2 aromatic carbocycles. The van der Waals surface area contributed by atoms with Gasteiger partial charge in [-0.2, -0.15) is 5.10 Å². The highest BCUT2D eigenvalue weighted by atomic mass is 16.2. The Morgan fingerprint density at radius 1 is 0.964 bits per heavy atom. The molecule has 4 rings (SSSR count). The first-order chi connectivity index (χ1) is 13.5. The zero-order chi connectivity index (χ0) is 19.7. The van der Waals surface area contributed by atoms with Crippen molar-refractivity contribution in [2.45, 2.75) is 6.92 Å². The first kappa shape index (κ1) is 17.6. The average molecular weight is 370 g/mol. The molecule has 0 bridgehead atoms. The number of aryl methyl sites for hydroxylation is 2. The minimum Gasteiger partial charge on any atom is -0.321 e. The van der Waals surface area contributed by atoms with Crippen LogP contribution in [0, 0.1) is 6.92 Å². The average Bonchev–Trinajstić information content (AvgIpc) is 3.01. The van der Waals surface area contributed by atoms with Crippen molar-refractivity contribution in [3.05, 3.63) is 89.2 Å². The maximum Gasteiger partial charge on any atom is 0.256 e. The number of aromatic nitrogens is 3. The molecule has 2 heterocycles. The smallest absolute Gasteiger partial charge is 0.256 e. The van der Waals surface area contributed by atoms with Gasteiger partial charge in [0.25, 0.3) is 5.91 Å². The van der Waals surface area contributed by atoms with Crippen LogP contribution < -0.4 is 5.32 Å². The standard InChI is InChI=1S/C22H18N4O2/c1-14-19-12-16(13-23-21(19)26(2)25-14)24-22(28)18-11-7-6-10-17(18)20(27)15-8-4-3-5-9-15/h3-13H,1-2H3,(H,24,28). The maximum atomic E-state index is 12.9. The quantitative estimate of drug-likeness (QED) is 0.555. The number of carbonyl (C=O) groups is 2. The molecule has 0 aliphatic rings. The molecule has 0 spiro atoms. The number of hydrogen-bond acceptors (Lipinski definition) is 4. The SMILES string of the molecule is Cc1nn(C)c2ncc(NC(=O)c3ccccc3C(=O)c3ccccc3)cc12. The van der Waals surface area contributed by atoms with Gasteiger partial charge in [0, 0.05) is 23.6 Å². The Bertz CT molecular complexity index is 1200. The van der Waals surface area contributed by atoms with Gasteiger partial charge < -0.3 is 5.32 Å². The Labute approximate surface area is 161 Å². The highest BCUT2D eigenvalue weighted by Gasteiger charge is 2.18. The van der Waals surface area contributed by atoms with Gasteiger partial charge in [0.15, 0.2) is 11.4 Å². The van der Waals surface area contributed by atoms with Crippen molar-refractivity contribution < 1.29 is 9.59 Å². The molecule has 0 atom stereocenters. The van der Waals surface area contributed by atoms with Crippen molar-refractivity contribution in [2.75, 3.05) is 5.32 Å². The van der Waals surface area contributed by atoms with Crippen LogP contribution in [0.15, 0.2) is 66.9 Å². The molecule has 0 radical (unpaired) electrons. The van der Waals surface area contributed by atoms with E-state index in [2.05, 4.69) is 15.4 Å². The molecule has 2 aromatic heterocycles. The second-order valence-corrected chi connectivity index (χ2v) is 6.50. The number of nitrogens with zero attached hydrogens (tertiary/aromatic N) is 3. The summed E-state index contributed by atoms with van der Waals surface area (Å²) in [5, 5.41) is 8.05. The predicted octanol–water partition coefficient (Wildman–Crippen LogP) is 3.76. The molecule has 1 N–H and O–H groups in total. The lowest BCUT2D eigenvalue weighted by atomic mass is 9.98. The summed E-state index contributed by atoms with van der Waals surface area (Å²) in [6, 6.07) is 17.6. The molecule has 4 aromatic rings. The topological polar surface area (TPSA) is 76.9 Å². The van der Waals surface area contributed by atoms with E-state index in [0.717, 1.165) is 16.7 Å². The van der Waals surface area contributed by atoms with E-state index in [1.807, 2.05) is 26.1 Å². The Morgan fingerprint density at radius 2 is 1.64 bits per heavy atom. The molecule has 6 nitrogen and oxygen atoms in total. The molecule has 0 saturated heterocycles. The number of anilines is 1. The molecule has 138 valence electrons. The van der Waals surface area contributed by atoms with Crippen molar-refractivity contribution in [1.82, 2.24) is 14.8 Å². The van der Waals surface area contributed by atoms with Crippen molar-refractivity contribution in [2.24, 2.45) is 7.05 Å². The molecule has 28 heavy (non-hydrogen) atoms. The summed E-state index contributed by atoms with van der Waals surface area (Å²) in [5.74, 6) is -0.550. The van der Waals surface area contributed by atoms with Crippen molar-refractivity contribution >= 4 is 28.4 Å². The highest BCUT2D eigenvalue weighted by Crippen LogP contribution is 2.21. The summed E-state index contributed by atoms with van der Waals surface area (Å²) >= 11 is 0. The third-order valence-corrected chi connectivity index (χ3v) is 4.57. The van der Waals surface area contributed by atoms with Crippen molar-refractivity contribution in [1.29, 1.82) is 0 Å². The van der Waals surface area contributed by atoms with E-state index < -0.39 is 0 Å². The van der Waals surface area contributed by atoms with E-state index in [1.54, 1.807) is 59.4 Å². The zero-order valence-corrected chi connectivity index (χ0v) is 15.5. The van der Waals surface area contributed by atoms with Crippen LogP contribution in [0.4, 0.5) is 5.69 Å². The number of nitrogens with one attached hydrogen (secondary N) is 1. The normalized spacial score (nSPS) is 10.8. The summed E-state index contributed by atoms with van der Waals surface area (Å²) in [5.41, 5.74) is 3.35. The van der Waals surface area contributed by atoms with E-state index in [4.69, 9.17) is 0 Å². The summed E-state index contributed by atoms with van der Waals surface area (Å²) < 4.78 is 1.70. The second-order valence-electron chi connectivity index (χ2n) is 6.50. The lowest BCUT2D eigenvalue weighted by molar-refractivity contribution is 0.0996. The molecular weight excluding hydrogens is 352 g/mol. The molecule has 6 heteroatoms. The number of hydrogen-bond donors (Lipinski definition) is 1. The summed E-state index contributed by atoms with van der Waals surface area (Å²) in [6.07, 6.45) is 1.59. The fourth-order valence-corrected chi connectivity index (χ4v) is 3.20. The third kappa shape index (κ3) is 3.16. The van der Waals surface area contributed by atoms with Crippen LogP contribution in [0.2, 0.25) is 0 Å². The molecular formula is C22H18N4O2. The fourth-order valence-electron chi connectivity index (χ4n) is 3.20. The van der Waals surface area contributed by atoms with Crippen molar-refractivity contribution in [3.63, 3.8) is 0 Å². The second kappa shape index (κ2) is 7.08. The minimum atomic E-state index is -0.359. The monoisotopic (exact) mass is 370 g/mol. The van der Waals surface area contributed by atoms with E-state index in [-0.39, 0.29) is 11.7 Å². The largest absolute Gasteiger partial charge is 0.321 e. The third-order valence-electron chi connectivity index (χ3n) is 4.57. The first-order valence-electron chi connectivity index (χ1n) is 8.84. The van der Waals surface area contributed by atoms with E-state index >= 15 is 0 Å². The Morgan fingerprint density at radius 3 is 2.39 bits per heavy atom. The van der Waals surface area contributed by atoms with Crippen LogP contribution in [0.3, 0.4) is 0 Å². The molecule has 1 amide bonds. The predicted molar refractivity (Wildman–Crippen MR) is 108 cm³/mol. The number of rotatable bonds is 4. The van der Waals surface area contributed by atoms with Gasteiger partial charge >= 0.3 is 0 Å². The van der Waals surface area contributed by atoms with Crippen LogP contribution >= 0.6 is 0 Å². The van der Waals surface area contributed by atoms with Gasteiger partial charge in [0.2, 0.25) is 0 Å². The number of ketones is 1. The molecule has 0 fully saturated rings. The lowest BCUT2D eigenvalue weighted by Crippen LogP contribution is -2.17. The van der Waals surface area contributed by atoms with E-state index in [1.165, 1.54) is 0 Å². The van der Waals surface area contributed by atoms with Crippen LogP contribution in [0.5, 0.6) is 0 Å². The maximum absolute atomic E-state index is 12.9. The van der Waals surface area contributed by atoms with E-state index in [0.29, 0.717) is 22.4 Å². The number of carbonyl (C=O) groups excluding carboxylic acids is 2. The van der Waals surface area contributed by atoms with Crippen LogP contribution in [-0.4, -0.2) is 26.5 Å². The van der Waals surface area contributed by atoms with Crippen LogP contribution in [0.1, 0.15) is 32.0 Å². The number of amides is 1. The highest BCUT2D eigenvalue weighted by molar-refractivity contribution is 6.17.